The van der Waals surface area contributed by atoms with Crippen LogP contribution in [-0.4, -0.2) is 30.1 Å². The molecule has 0 spiro atoms. The topological polar surface area (TPSA) is 97.3 Å². The Kier molecular flexibility index (Phi) is 5.42. The fourth-order valence-electron chi connectivity index (χ4n) is 3.21. The molecule has 3 aromatic heterocycles. The molecule has 0 atom stereocenters. The smallest absolute Gasteiger partial charge is 0.251 e. The molecule has 0 aliphatic heterocycles. The highest BCUT2D eigenvalue weighted by Crippen LogP contribution is 2.25. The number of benzene rings is 1. The van der Waals surface area contributed by atoms with E-state index in [1.54, 1.807) is 0 Å². The lowest BCUT2D eigenvalue weighted by atomic mass is 10.1. The zero-order valence-electron chi connectivity index (χ0n) is 16.6. The van der Waals surface area contributed by atoms with Gasteiger partial charge in [-0.3, -0.25) is 4.79 Å². The number of thioether (sulfide) groups is 1. The second-order valence-electron chi connectivity index (χ2n) is 6.94. The molecule has 1 N–H and O–H groups in total. The van der Waals surface area contributed by atoms with Crippen LogP contribution in [0.1, 0.15) is 39.2 Å². The highest BCUT2D eigenvalue weighted by Gasteiger charge is 2.11. The second kappa shape index (κ2) is 8.00. The van der Waals surface area contributed by atoms with E-state index in [1.807, 2.05) is 13.8 Å². The summed E-state index contributed by atoms with van der Waals surface area (Å²) in [6.07, 6.45) is 0.371. The van der Waals surface area contributed by atoms with E-state index < -0.39 is 0 Å². The fraction of sp³-hybridized carbons (Fsp3) is 0.300. The molecular formula is C20H20N6OS2. The number of H-pyrrole nitrogens is 1. The van der Waals surface area contributed by atoms with Gasteiger partial charge in [-0.1, -0.05) is 34.7 Å². The van der Waals surface area contributed by atoms with Crippen LogP contribution in [0.5, 0.6) is 0 Å². The largest absolute Gasteiger partial charge is 0.310 e. The Morgan fingerprint density at radius 2 is 1.86 bits per heavy atom. The number of hydrogen-bond donors (Lipinski definition) is 1. The lowest BCUT2D eigenvalue weighted by molar-refractivity contribution is 0.862. The van der Waals surface area contributed by atoms with Gasteiger partial charge in [-0.2, -0.15) is 0 Å². The molecule has 7 nitrogen and oxygen atoms in total. The summed E-state index contributed by atoms with van der Waals surface area (Å²) in [4.78, 5) is 28.9. The lowest BCUT2D eigenvalue weighted by Gasteiger charge is -2.09. The van der Waals surface area contributed by atoms with Gasteiger partial charge in [-0.05, 0) is 39.3 Å². The van der Waals surface area contributed by atoms with Crippen molar-refractivity contribution in [1.82, 2.24) is 30.1 Å². The van der Waals surface area contributed by atoms with Crippen molar-refractivity contribution in [2.45, 2.75) is 44.2 Å². The third-order valence-electron chi connectivity index (χ3n) is 4.39. The van der Waals surface area contributed by atoms with Gasteiger partial charge in [0, 0.05) is 22.9 Å². The molecule has 9 heteroatoms. The quantitative estimate of drug-likeness (QED) is 0.488. The maximum absolute atomic E-state index is 12.1. The number of aryl methyl sites for hydroxylation is 4. The first-order chi connectivity index (χ1) is 13.9. The molecule has 0 unspecified atom stereocenters. The Labute approximate surface area is 176 Å². The number of fused-ring (bicyclic) bond motifs is 1. The molecule has 29 heavy (non-hydrogen) atoms. The first-order valence-electron chi connectivity index (χ1n) is 9.14. The Bertz CT molecular complexity index is 1260. The summed E-state index contributed by atoms with van der Waals surface area (Å²) in [5.41, 5.74) is 4.70. The first kappa shape index (κ1) is 19.7. The summed E-state index contributed by atoms with van der Waals surface area (Å²) in [6, 6.07) is 5.74. The maximum Gasteiger partial charge on any atom is 0.251 e. The van der Waals surface area contributed by atoms with Crippen LogP contribution in [0.15, 0.2) is 27.3 Å². The van der Waals surface area contributed by atoms with Gasteiger partial charge in [0.1, 0.15) is 16.7 Å². The summed E-state index contributed by atoms with van der Waals surface area (Å²) >= 11 is 3.05. The predicted octanol–water partition coefficient (Wildman–Crippen LogP) is 3.68. The molecule has 0 aliphatic rings. The van der Waals surface area contributed by atoms with E-state index in [0.29, 0.717) is 29.5 Å². The molecule has 148 valence electrons. The third kappa shape index (κ3) is 4.51. The molecular weight excluding hydrogens is 404 g/mol. The van der Waals surface area contributed by atoms with Gasteiger partial charge in [0.15, 0.2) is 4.34 Å². The van der Waals surface area contributed by atoms with Crippen LogP contribution >= 0.6 is 23.1 Å². The van der Waals surface area contributed by atoms with Crippen LogP contribution in [0.3, 0.4) is 0 Å². The van der Waals surface area contributed by atoms with E-state index >= 15 is 0 Å². The van der Waals surface area contributed by atoms with E-state index in [9.17, 15) is 4.79 Å². The molecule has 4 aromatic rings. The number of rotatable bonds is 5. The van der Waals surface area contributed by atoms with Crippen molar-refractivity contribution < 1.29 is 0 Å². The van der Waals surface area contributed by atoms with Crippen LogP contribution in [0, 0.1) is 27.7 Å². The Balaban J connectivity index is 1.60. The summed E-state index contributed by atoms with van der Waals surface area (Å²) in [7, 11) is 0. The van der Waals surface area contributed by atoms with Gasteiger partial charge in [0.05, 0.1) is 17.6 Å². The van der Waals surface area contributed by atoms with Crippen molar-refractivity contribution in [3.05, 3.63) is 67.7 Å². The summed E-state index contributed by atoms with van der Waals surface area (Å²) in [5, 5.41) is 10.1. The number of nitrogens with one attached hydrogen (secondary N) is 1. The van der Waals surface area contributed by atoms with E-state index in [2.05, 4.69) is 51.1 Å². The highest BCUT2D eigenvalue weighted by atomic mass is 32.2. The van der Waals surface area contributed by atoms with Gasteiger partial charge in [-0.25, -0.2) is 15.0 Å². The number of hydrogen-bond acceptors (Lipinski definition) is 8. The second-order valence-corrected chi connectivity index (χ2v) is 9.34. The Hall–Kier alpha value is -2.65. The summed E-state index contributed by atoms with van der Waals surface area (Å²) in [5.74, 6) is 1.77. The maximum atomic E-state index is 12.1. The van der Waals surface area contributed by atoms with Gasteiger partial charge in [0.25, 0.3) is 5.56 Å². The zero-order valence-corrected chi connectivity index (χ0v) is 18.2. The van der Waals surface area contributed by atoms with Crippen LogP contribution < -0.4 is 5.56 Å². The molecule has 0 radical (unpaired) electrons. The average Bonchev–Trinajstić information content (AvgIpc) is 3.06. The molecule has 0 aliphatic carbocycles. The standard InChI is InChI=1S/C20H20N6OS2/c1-10-5-11(2)19-15(6-10)12(3)21-16(24-19)8-17-22-14(7-18(27)23-17)9-28-20-26-25-13(4)29-20/h5-7H,8-9H2,1-4H3,(H,22,23,27). The molecule has 0 saturated heterocycles. The van der Waals surface area contributed by atoms with E-state index in [4.69, 9.17) is 4.98 Å². The van der Waals surface area contributed by atoms with Crippen LogP contribution in [0.25, 0.3) is 10.9 Å². The van der Waals surface area contributed by atoms with Crippen molar-refractivity contribution in [2.75, 3.05) is 0 Å². The molecule has 0 bridgehead atoms. The minimum Gasteiger partial charge on any atom is -0.310 e. The molecule has 0 amide bonds. The average molecular weight is 425 g/mol. The molecule has 1 aromatic carbocycles. The number of aromatic nitrogens is 6. The van der Waals surface area contributed by atoms with E-state index in [1.165, 1.54) is 34.7 Å². The van der Waals surface area contributed by atoms with Gasteiger partial charge >= 0.3 is 0 Å². The fourth-order valence-corrected chi connectivity index (χ4v) is 4.92. The van der Waals surface area contributed by atoms with Gasteiger partial charge in [0.2, 0.25) is 0 Å². The minimum absolute atomic E-state index is 0.177. The summed E-state index contributed by atoms with van der Waals surface area (Å²) in [6.45, 7) is 8.03. The highest BCUT2D eigenvalue weighted by molar-refractivity contribution is 8.00. The molecule has 3 heterocycles. The van der Waals surface area contributed by atoms with Crippen molar-refractivity contribution in [3.63, 3.8) is 0 Å². The number of aromatic amines is 1. The van der Waals surface area contributed by atoms with E-state index in [-0.39, 0.29) is 5.56 Å². The molecule has 0 fully saturated rings. The van der Waals surface area contributed by atoms with Crippen molar-refractivity contribution in [3.8, 4) is 0 Å². The van der Waals surface area contributed by atoms with Crippen LogP contribution in [0.2, 0.25) is 0 Å². The van der Waals surface area contributed by atoms with Crippen molar-refractivity contribution in [2.24, 2.45) is 0 Å². The Morgan fingerprint density at radius 1 is 1.03 bits per heavy atom. The zero-order chi connectivity index (χ0) is 20.5. The van der Waals surface area contributed by atoms with Crippen LogP contribution in [0.4, 0.5) is 0 Å². The number of nitrogens with zero attached hydrogens (tertiary/aromatic N) is 5. The monoisotopic (exact) mass is 424 g/mol. The third-order valence-corrected chi connectivity index (χ3v) is 6.40. The molecule has 4 rings (SSSR count). The van der Waals surface area contributed by atoms with E-state index in [0.717, 1.165) is 31.5 Å². The first-order valence-corrected chi connectivity index (χ1v) is 10.9. The van der Waals surface area contributed by atoms with Crippen molar-refractivity contribution in [1.29, 1.82) is 0 Å². The molecule has 0 saturated carbocycles. The SMILES string of the molecule is Cc1cc(C)c2nc(Cc3nc(CSc4nnc(C)s4)cc(=O)[nH]3)nc(C)c2c1. The lowest BCUT2D eigenvalue weighted by Crippen LogP contribution is -2.14. The van der Waals surface area contributed by atoms with Gasteiger partial charge in [-0.15, -0.1) is 10.2 Å². The normalized spacial score (nSPS) is 11.3. The Morgan fingerprint density at radius 3 is 2.62 bits per heavy atom. The van der Waals surface area contributed by atoms with Gasteiger partial charge < -0.3 is 4.98 Å². The van der Waals surface area contributed by atoms with Crippen molar-refractivity contribution >= 4 is 34.0 Å². The minimum atomic E-state index is -0.177. The summed E-state index contributed by atoms with van der Waals surface area (Å²) < 4.78 is 0.866. The van der Waals surface area contributed by atoms with Crippen LogP contribution in [-0.2, 0) is 12.2 Å². The predicted molar refractivity (Wildman–Crippen MR) is 116 cm³/mol.